The Bertz CT molecular complexity index is 1250. The molecule has 10 nitrogen and oxygen atoms in total. The predicted molar refractivity (Wildman–Crippen MR) is 125 cm³/mol. The van der Waals surface area contributed by atoms with Gasteiger partial charge in [-0.1, -0.05) is 32.9 Å². The van der Waals surface area contributed by atoms with E-state index in [-0.39, 0.29) is 34.8 Å². The lowest BCUT2D eigenvalue weighted by Crippen LogP contribution is -2.80. The summed E-state index contributed by atoms with van der Waals surface area (Å²) in [6.45, 7) is 9.26. The van der Waals surface area contributed by atoms with Crippen molar-refractivity contribution in [1.82, 2.24) is 24.3 Å². The Balaban J connectivity index is 1.43. The zero-order valence-corrected chi connectivity index (χ0v) is 20.0. The molecule has 1 aromatic carbocycles. The van der Waals surface area contributed by atoms with Crippen LogP contribution < -0.4 is 11.0 Å². The summed E-state index contributed by atoms with van der Waals surface area (Å²) in [7, 11) is 1.67. The third kappa shape index (κ3) is 3.19. The summed E-state index contributed by atoms with van der Waals surface area (Å²) >= 11 is 0. The number of Topliss-reactive ketones (excluding diaryl/α,β-unsaturated/α-hetero) is 1. The lowest BCUT2D eigenvalue weighted by atomic mass is 9.58. The highest BCUT2D eigenvalue weighted by molar-refractivity contribution is 6.06. The largest absolute Gasteiger partial charge is 0.465 e. The molecule has 1 spiro atoms. The quantitative estimate of drug-likeness (QED) is 0.652. The minimum Gasteiger partial charge on any atom is -0.465 e. The summed E-state index contributed by atoms with van der Waals surface area (Å²) in [6, 6.07) is 4.41. The number of ketones is 1. The molecular weight excluding hydrogens is 438 g/mol. The monoisotopic (exact) mass is 469 g/mol. The van der Waals surface area contributed by atoms with Crippen LogP contribution in [0.4, 0.5) is 4.79 Å². The molecule has 3 aliphatic rings. The van der Waals surface area contributed by atoms with Crippen molar-refractivity contribution >= 4 is 28.8 Å². The van der Waals surface area contributed by atoms with Crippen LogP contribution in [0.5, 0.6) is 0 Å². The van der Waals surface area contributed by atoms with Crippen LogP contribution in [-0.4, -0.2) is 74.0 Å². The second-order valence-corrected chi connectivity index (χ2v) is 11.1. The van der Waals surface area contributed by atoms with E-state index in [0.717, 1.165) is 18.7 Å². The molecule has 0 aliphatic carbocycles. The van der Waals surface area contributed by atoms with Crippen LogP contribution in [-0.2, 0) is 23.2 Å². The Hall–Kier alpha value is -3.14. The number of carbonyl (C=O) groups excluding carboxylic acids is 2. The van der Waals surface area contributed by atoms with Crippen LogP contribution >= 0.6 is 0 Å². The first-order chi connectivity index (χ1) is 15.9. The number of para-hydroxylation sites is 1. The number of amides is 2. The van der Waals surface area contributed by atoms with Gasteiger partial charge in [-0.2, -0.15) is 0 Å². The third-order valence-corrected chi connectivity index (χ3v) is 7.58. The van der Waals surface area contributed by atoms with Gasteiger partial charge in [0.2, 0.25) is 0 Å². The van der Waals surface area contributed by atoms with Crippen LogP contribution in [0.2, 0.25) is 0 Å². The first kappa shape index (κ1) is 22.6. The fraction of sp³-hybridized carbons (Fsp3) is 0.583. The van der Waals surface area contributed by atoms with Gasteiger partial charge in [0.25, 0.3) is 5.91 Å². The summed E-state index contributed by atoms with van der Waals surface area (Å²) in [5.74, 6) is -0.697. The predicted octanol–water partition coefficient (Wildman–Crippen LogP) is 1.18. The average Bonchev–Trinajstić information content (AvgIpc) is 2.93. The van der Waals surface area contributed by atoms with Crippen molar-refractivity contribution in [3.05, 3.63) is 34.2 Å². The minimum atomic E-state index is -1.14. The second-order valence-electron chi connectivity index (χ2n) is 11.1. The molecule has 2 amide bonds. The van der Waals surface area contributed by atoms with E-state index in [1.54, 1.807) is 18.0 Å². The van der Waals surface area contributed by atoms with Gasteiger partial charge in [-0.25, -0.2) is 9.59 Å². The van der Waals surface area contributed by atoms with E-state index in [4.69, 9.17) is 0 Å². The van der Waals surface area contributed by atoms with E-state index >= 15 is 0 Å². The van der Waals surface area contributed by atoms with Crippen molar-refractivity contribution in [3.63, 3.8) is 0 Å². The van der Waals surface area contributed by atoms with Gasteiger partial charge < -0.3 is 15.3 Å². The van der Waals surface area contributed by atoms with Gasteiger partial charge >= 0.3 is 11.8 Å². The standard InChI is InChI=1S/C24H31N5O5/c1-23(2,3)20-24(13-28(20)22(33)34)11-27(12-24)10-14-6-5-7-15-17(14)26(4)21(32)29(15)18-16(30)8-9-25-19(18)31/h5-7,18,20H,8-13H2,1-4H3,(H,25,31)(H,33,34). The molecule has 34 heavy (non-hydrogen) atoms. The number of nitrogens with zero attached hydrogens (tertiary/aromatic N) is 4. The zero-order chi connectivity index (χ0) is 24.6. The topological polar surface area (TPSA) is 117 Å². The number of likely N-dealkylation sites (tertiary alicyclic amines) is 2. The lowest BCUT2D eigenvalue weighted by Gasteiger charge is -2.68. The number of hydrogen-bond acceptors (Lipinski definition) is 5. The number of aryl methyl sites for hydroxylation is 1. The number of hydrogen-bond donors (Lipinski definition) is 2. The third-order valence-electron chi connectivity index (χ3n) is 7.58. The highest BCUT2D eigenvalue weighted by atomic mass is 16.4. The van der Waals surface area contributed by atoms with Crippen LogP contribution in [0, 0.1) is 10.8 Å². The number of aromatic nitrogens is 2. The SMILES string of the molecule is Cn1c(=O)n(C2C(=O)CCNC2=O)c2cccc(CN3CC4(C3)CN(C(=O)O)C4C(C)(C)C)c21. The molecule has 0 saturated carbocycles. The molecule has 1 aromatic heterocycles. The van der Waals surface area contributed by atoms with Gasteiger partial charge in [0.15, 0.2) is 11.8 Å². The number of benzene rings is 1. The highest BCUT2D eigenvalue weighted by Gasteiger charge is 2.63. The van der Waals surface area contributed by atoms with Crippen molar-refractivity contribution in [2.24, 2.45) is 17.9 Å². The number of carboxylic acid groups (broad SMARTS) is 1. The van der Waals surface area contributed by atoms with Gasteiger partial charge in [0.1, 0.15) is 0 Å². The van der Waals surface area contributed by atoms with Gasteiger partial charge in [-0.05, 0) is 17.0 Å². The first-order valence-electron chi connectivity index (χ1n) is 11.7. The van der Waals surface area contributed by atoms with E-state index in [1.807, 2.05) is 12.1 Å². The zero-order valence-electron chi connectivity index (χ0n) is 20.0. The first-order valence-corrected chi connectivity index (χ1v) is 11.7. The normalized spacial score (nSPS) is 24.8. The molecule has 182 valence electrons. The molecular formula is C24H31N5O5. The molecule has 2 aromatic rings. The summed E-state index contributed by atoms with van der Waals surface area (Å²) in [4.78, 5) is 53.6. The molecule has 0 bridgehead atoms. The maximum Gasteiger partial charge on any atom is 0.407 e. The van der Waals surface area contributed by atoms with Crippen molar-refractivity contribution < 1.29 is 19.5 Å². The Morgan fingerprint density at radius 3 is 2.50 bits per heavy atom. The second kappa shape index (κ2) is 7.43. The van der Waals surface area contributed by atoms with E-state index in [2.05, 4.69) is 31.0 Å². The Morgan fingerprint density at radius 1 is 1.18 bits per heavy atom. The number of nitrogens with one attached hydrogen (secondary N) is 1. The fourth-order valence-corrected chi connectivity index (χ4v) is 6.62. The highest BCUT2D eigenvalue weighted by Crippen LogP contribution is 2.52. The summed E-state index contributed by atoms with van der Waals surface area (Å²) in [5.41, 5.74) is 1.64. The van der Waals surface area contributed by atoms with Gasteiger partial charge in [-0.15, -0.1) is 0 Å². The Labute approximate surface area is 197 Å². The molecule has 2 atom stereocenters. The number of piperidine rings is 1. The lowest BCUT2D eigenvalue weighted by molar-refractivity contribution is -0.185. The molecule has 2 unspecified atom stereocenters. The van der Waals surface area contributed by atoms with Crippen molar-refractivity contribution in [2.75, 3.05) is 26.2 Å². The number of fused-ring (bicyclic) bond motifs is 1. The van der Waals surface area contributed by atoms with Crippen LogP contribution in [0.3, 0.4) is 0 Å². The minimum absolute atomic E-state index is 0.0363. The van der Waals surface area contributed by atoms with Gasteiger partial charge in [0, 0.05) is 57.6 Å². The van der Waals surface area contributed by atoms with E-state index in [0.29, 0.717) is 30.7 Å². The molecule has 4 heterocycles. The molecule has 3 saturated heterocycles. The van der Waals surface area contributed by atoms with Crippen molar-refractivity contribution in [3.8, 4) is 0 Å². The number of imidazole rings is 1. The van der Waals surface area contributed by atoms with E-state index in [1.165, 1.54) is 9.13 Å². The molecule has 3 fully saturated rings. The molecule has 5 rings (SSSR count). The van der Waals surface area contributed by atoms with E-state index in [9.17, 15) is 24.3 Å². The smallest absolute Gasteiger partial charge is 0.407 e. The van der Waals surface area contributed by atoms with Gasteiger partial charge in [0.05, 0.1) is 11.0 Å². The van der Waals surface area contributed by atoms with Crippen molar-refractivity contribution in [2.45, 2.75) is 45.8 Å². The van der Waals surface area contributed by atoms with Crippen molar-refractivity contribution in [1.29, 1.82) is 0 Å². The fourth-order valence-electron chi connectivity index (χ4n) is 6.62. The molecule has 2 N–H and O–H groups in total. The Kier molecular flexibility index (Phi) is 4.95. The maximum absolute atomic E-state index is 13.1. The maximum atomic E-state index is 13.1. The molecule has 3 aliphatic heterocycles. The van der Waals surface area contributed by atoms with Crippen LogP contribution in [0.25, 0.3) is 11.0 Å². The summed E-state index contributed by atoms with van der Waals surface area (Å²) < 4.78 is 2.84. The van der Waals surface area contributed by atoms with Crippen LogP contribution in [0.1, 0.15) is 38.8 Å². The molecule has 0 radical (unpaired) electrons. The summed E-state index contributed by atoms with van der Waals surface area (Å²) in [5, 5.41) is 12.3. The number of carbonyl (C=O) groups is 3. The molecule has 10 heteroatoms. The Morgan fingerprint density at radius 2 is 1.88 bits per heavy atom. The van der Waals surface area contributed by atoms with Gasteiger partial charge in [-0.3, -0.25) is 23.6 Å². The van der Waals surface area contributed by atoms with E-state index < -0.39 is 18.0 Å². The summed E-state index contributed by atoms with van der Waals surface area (Å²) in [6.07, 6.45) is -0.664. The number of rotatable bonds is 3. The van der Waals surface area contributed by atoms with Crippen LogP contribution in [0.15, 0.2) is 23.0 Å². The average molecular weight is 470 g/mol.